The number of nitrogens with zero attached hydrogens (tertiary/aromatic N) is 1. The minimum atomic E-state index is -1.17. The molecule has 1 aliphatic heterocycles. The number of urea groups is 1. The lowest BCUT2D eigenvalue weighted by Crippen LogP contribution is -2.43. The number of rotatable bonds is 7. The van der Waals surface area contributed by atoms with Gasteiger partial charge in [-0.3, -0.25) is 14.5 Å². The Hall–Kier alpha value is -3.15. The number of methoxy groups -OCH3 is 1. The number of carbonyl (C=O) groups excluding carboxylic acids is 3. The summed E-state index contributed by atoms with van der Waals surface area (Å²) in [4.78, 5) is 39.3. The summed E-state index contributed by atoms with van der Waals surface area (Å²) in [5.41, 5.74) is 1.10. The van der Waals surface area contributed by atoms with Gasteiger partial charge in [-0.2, -0.15) is 0 Å². The van der Waals surface area contributed by atoms with Crippen LogP contribution in [0, 0.1) is 0 Å². The molecule has 0 saturated carbocycles. The fraction of sp³-hybridized carbons (Fsp3) is 0.318. The van der Waals surface area contributed by atoms with Gasteiger partial charge in [-0.25, -0.2) is 4.79 Å². The molecule has 0 bridgehead atoms. The first-order chi connectivity index (χ1) is 13.4. The van der Waals surface area contributed by atoms with E-state index in [0.29, 0.717) is 23.3 Å². The summed E-state index contributed by atoms with van der Waals surface area (Å²) in [6.07, 6.45) is 1.25. The van der Waals surface area contributed by atoms with Crippen LogP contribution in [0.3, 0.4) is 0 Å². The number of imide groups is 1. The van der Waals surface area contributed by atoms with Crippen molar-refractivity contribution in [2.75, 3.05) is 13.7 Å². The molecule has 3 amide bonds. The smallest absolute Gasteiger partial charge is 0.325 e. The number of benzene rings is 2. The number of hydrogen-bond donors (Lipinski definition) is 1. The van der Waals surface area contributed by atoms with E-state index in [1.807, 2.05) is 26.0 Å². The number of aryl methyl sites for hydroxylation is 1. The molecule has 0 spiro atoms. The average Bonchev–Trinajstić information content (AvgIpc) is 2.98. The van der Waals surface area contributed by atoms with E-state index in [0.717, 1.165) is 16.9 Å². The number of amides is 3. The van der Waals surface area contributed by atoms with Gasteiger partial charge in [-0.1, -0.05) is 50.2 Å². The normalized spacial score (nSPS) is 18.9. The number of nitrogens with one attached hydrogen (secondary N) is 1. The van der Waals surface area contributed by atoms with Gasteiger partial charge >= 0.3 is 6.03 Å². The number of Topliss-reactive ketones (excluding diaryl/α,β-unsaturated/α-hetero) is 1. The van der Waals surface area contributed by atoms with E-state index in [1.165, 1.54) is 0 Å². The van der Waals surface area contributed by atoms with Crippen LogP contribution >= 0.6 is 0 Å². The van der Waals surface area contributed by atoms with Crippen LogP contribution in [0.2, 0.25) is 0 Å². The van der Waals surface area contributed by atoms with Crippen molar-refractivity contribution in [3.05, 3.63) is 65.2 Å². The van der Waals surface area contributed by atoms with Crippen LogP contribution in [0.25, 0.3) is 0 Å². The Morgan fingerprint density at radius 2 is 1.68 bits per heavy atom. The fourth-order valence-corrected chi connectivity index (χ4v) is 3.45. The number of ether oxygens (including phenoxy) is 1. The van der Waals surface area contributed by atoms with Crippen molar-refractivity contribution in [2.45, 2.75) is 32.2 Å². The van der Waals surface area contributed by atoms with Gasteiger partial charge in [0, 0.05) is 5.56 Å². The molecule has 0 unspecified atom stereocenters. The van der Waals surface area contributed by atoms with E-state index >= 15 is 0 Å². The Bertz CT molecular complexity index is 890. The third-order valence-electron chi connectivity index (χ3n) is 5.27. The highest BCUT2D eigenvalue weighted by molar-refractivity contribution is 6.11. The molecular weight excluding hydrogens is 356 g/mol. The van der Waals surface area contributed by atoms with E-state index in [1.54, 1.807) is 43.5 Å². The third-order valence-corrected chi connectivity index (χ3v) is 5.27. The van der Waals surface area contributed by atoms with Gasteiger partial charge in [0.05, 0.1) is 13.7 Å². The summed E-state index contributed by atoms with van der Waals surface area (Å²) in [6, 6.07) is 13.7. The highest BCUT2D eigenvalue weighted by atomic mass is 16.5. The molecule has 1 heterocycles. The Balaban J connectivity index is 1.83. The molecular formula is C22H24N2O4. The van der Waals surface area contributed by atoms with Crippen LogP contribution in [0.5, 0.6) is 5.75 Å². The molecule has 1 aliphatic rings. The van der Waals surface area contributed by atoms with Crippen LogP contribution in [-0.4, -0.2) is 36.3 Å². The third kappa shape index (κ3) is 3.38. The second kappa shape index (κ2) is 7.84. The summed E-state index contributed by atoms with van der Waals surface area (Å²) in [7, 11) is 1.56. The molecule has 146 valence electrons. The molecule has 28 heavy (non-hydrogen) atoms. The van der Waals surface area contributed by atoms with E-state index in [4.69, 9.17) is 4.74 Å². The SMILES string of the molecule is CCc1ccc(C(=O)CN2C(=O)N[C@@](CC)(c3ccc(OC)cc3)C2=O)cc1. The Morgan fingerprint density at radius 3 is 2.21 bits per heavy atom. The Kier molecular flexibility index (Phi) is 5.49. The maximum Gasteiger partial charge on any atom is 0.325 e. The highest BCUT2D eigenvalue weighted by Crippen LogP contribution is 2.33. The second-order valence-corrected chi connectivity index (χ2v) is 6.78. The minimum Gasteiger partial charge on any atom is -0.497 e. The molecule has 0 aromatic heterocycles. The lowest BCUT2D eigenvalue weighted by atomic mass is 9.87. The topological polar surface area (TPSA) is 75.7 Å². The van der Waals surface area contributed by atoms with Crippen LogP contribution in [-0.2, 0) is 16.8 Å². The highest BCUT2D eigenvalue weighted by Gasteiger charge is 2.51. The van der Waals surface area contributed by atoms with Crippen molar-refractivity contribution < 1.29 is 19.1 Å². The average molecular weight is 380 g/mol. The van der Waals surface area contributed by atoms with Crippen LogP contribution in [0.15, 0.2) is 48.5 Å². The van der Waals surface area contributed by atoms with E-state index < -0.39 is 17.5 Å². The Morgan fingerprint density at radius 1 is 1.04 bits per heavy atom. The quantitative estimate of drug-likeness (QED) is 0.591. The lowest BCUT2D eigenvalue weighted by molar-refractivity contribution is -0.131. The van der Waals surface area contributed by atoms with Crippen molar-refractivity contribution in [2.24, 2.45) is 0 Å². The van der Waals surface area contributed by atoms with E-state index in [9.17, 15) is 14.4 Å². The molecule has 3 rings (SSSR count). The van der Waals surface area contributed by atoms with Gasteiger partial charge < -0.3 is 10.1 Å². The first-order valence-electron chi connectivity index (χ1n) is 9.36. The van der Waals surface area contributed by atoms with Gasteiger partial charge in [0.15, 0.2) is 5.78 Å². The molecule has 1 atom stereocenters. The van der Waals surface area contributed by atoms with Gasteiger partial charge in [0.2, 0.25) is 0 Å². The van der Waals surface area contributed by atoms with Gasteiger partial charge in [-0.15, -0.1) is 0 Å². The molecule has 6 heteroatoms. The molecule has 1 fully saturated rings. The van der Waals surface area contributed by atoms with Crippen LogP contribution in [0.4, 0.5) is 4.79 Å². The zero-order valence-corrected chi connectivity index (χ0v) is 16.3. The molecule has 2 aromatic rings. The van der Waals surface area contributed by atoms with Crippen molar-refractivity contribution in [3.8, 4) is 5.75 Å². The predicted octanol–water partition coefficient (Wildman–Crippen LogP) is 3.30. The minimum absolute atomic E-state index is 0.271. The molecule has 1 N–H and O–H groups in total. The largest absolute Gasteiger partial charge is 0.497 e. The van der Waals surface area contributed by atoms with Crippen LogP contribution < -0.4 is 10.1 Å². The van der Waals surface area contributed by atoms with Gasteiger partial charge in [-0.05, 0) is 36.1 Å². The first-order valence-corrected chi connectivity index (χ1v) is 9.36. The molecule has 1 saturated heterocycles. The predicted molar refractivity (Wildman–Crippen MR) is 105 cm³/mol. The monoisotopic (exact) mass is 380 g/mol. The zero-order chi connectivity index (χ0) is 20.3. The van der Waals surface area contributed by atoms with Gasteiger partial charge in [0.1, 0.15) is 11.3 Å². The maximum absolute atomic E-state index is 13.2. The number of carbonyl (C=O) groups is 3. The summed E-state index contributed by atoms with van der Waals surface area (Å²) < 4.78 is 5.16. The van der Waals surface area contributed by atoms with Crippen molar-refractivity contribution in [1.29, 1.82) is 0 Å². The zero-order valence-electron chi connectivity index (χ0n) is 16.3. The first kappa shape index (κ1) is 19.6. The second-order valence-electron chi connectivity index (χ2n) is 6.78. The van der Waals surface area contributed by atoms with Crippen molar-refractivity contribution >= 4 is 17.7 Å². The van der Waals surface area contributed by atoms with Crippen molar-refractivity contribution in [3.63, 3.8) is 0 Å². The summed E-state index contributed by atoms with van der Waals surface area (Å²) >= 11 is 0. The summed E-state index contributed by atoms with van der Waals surface area (Å²) in [6.45, 7) is 3.58. The summed E-state index contributed by atoms with van der Waals surface area (Å²) in [5.74, 6) is -0.0224. The van der Waals surface area contributed by atoms with Gasteiger partial charge in [0.25, 0.3) is 5.91 Å². The van der Waals surface area contributed by atoms with E-state index in [2.05, 4.69) is 5.32 Å². The van der Waals surface area contributed by atoms with E-state index in [-0.39, 0.29) is 12.3 Å². The lowest BCUT2D eigenvalue weighted by Gasteiger charge is -2.26. The van der Waals surface area contributed by atoms with Crippen molar-refractivity contribution in [1.82, 2.24) is 10.2 Å². The van der Waals surface area contributed by atoms with Crippen LogP contribution in [0.1, 0.15) is 41.8 Å². The molecule has 6 nitrogen and oxygen atoms in total. The molecule has 2 aromatic carbocycles. The molecule has 0 aliphatic carbocycles. The standard InChI is InChI=1S/C22H24N2O4/c1-4-15-6-8-16(9-7-15)19(25)14-24-20(26)22(5-2,23-21(24)27)17-10-12-18(28-3)13-11-17/h6-13H,4-5,14H2,1-3H3,(H,23,27)/t22-/m0/s1. The molecule has 0 radical (unpaired) electrons. The Labute approximate surface area is 164 Å². The fourth-order valence-electron chi connectivity index (χ4n) is 3.45. The summed E-state index contributed by atoms with van der Waals surface area (Å²) in [5, 5.41) is 2.79. The number of hydrogen-bond acceptors (Lipinski definition) is 4. The number of ketones is 1. The maximum atomic E-state index is 13.2.